The summed E-state index contributed by atoms with van der Waals surface area (Å²) in [7, 11) is 0. The molecule has 0 atom stereocenters. The van der Waals surface area contributed by atoms with E-state index in [0.717, 1.165) is 35.7 Å². The highest BCUT2D eigenvalue weighted by Gasteiger charge is 2.31. The number of hydrogen-bond acceptors (Lipinski definition) is 10. The average molecular weight is 705 g/mol. The molecule has 2 aromatic carbocycles. The number of aryl methyl sites for hydroxylation is 1. The number of nitrogens with zero attached hydrogens (tertiary/aromatic N) is 4. The number of allylic oxidation sites excluding steroid dienone is 2. The molecule has 1 aliphatic heterocycles. The highest BCUT2D eigenvalue weighted by molar-refractivity contribution is 7.99. The largest absolute Gasteiger partial charge is 0.325 e. The molecule has 10 nitrogen and oxygen atoms in total. The lowest BCUT2D eigenvalue weighted by Crippen LogP contribution is -2.31. The van der Waals surface area contributed by atoms with Crippen molar-refractivity contribution in [3.8, 4) is 22.6 Å². The normalized spacial score (nSPS) is 13.5. The van der Waals surface area contributed by atoms with E-state index < -0.39 is 0 Å². The Morgan fingerprint density at radius 1 is 0.860 bits per heavy atom. The Kier molecular flexibility index (Phi) is 12.6. The van der Waals surface area contributed by atoms with Crippen LogP contribution in [0.25, 0.3) is 17.1 Å². The third-order valence-corrected chi connectivity index (χ3v) is 8.07. The second-order valence-electron chi connectivity index (χ2n) is 8.61. The van der Waals surface area contributed by atoms with Crippen LogP contribution in [-0.4, -0.2) is 21.6 Å². The summed E-state index contributed by atoms with van der Waals surface area (Å²) in [4.78, 5) is 3.81. The Morgan fingerprint density at radius 3 is 2.16 bits per heavy atom. The van der Waals surface area contributed by atoms with E-state index in [0.29, 0.717) is 68.5 Å². The van der Waals surface area contributed by atoms with Crippen LogP contribution in [0.2, 0.25) is 20.1 Å². The van der Waals surface area contributed by atoms with Gasteiger partial charge in [-0.3, -0.25) is 4.90 Å². The van der Waals surface area contributed by atoms with Gasteiger partial charge < -0.3 is 4.90 Å². The SMILES string of the molecule is CCCN1/C(=C\C=C\c2n(CCC)c3cc(Cl)c(Cl)cc3[n+]2C#CSOOO)N(C#CSOOO)c2cc(Cl)c(Cl)cc21. The van der Waals surface area contributed by atoms with Gasteiger partial charge in [0.25, 0.3) is 5.82 Å². The van der Waals surface area contributed by atoms with Crippen molar-refractivity contribution in [1.82, 2.24) is 4.57 Å². The first-order valence-electron chi connectivity index (χ1n) is 12.5. The summed E-state index contributed by atoms with van der Waals surface area (Å²) < 4.78 is 12.7. The fraction of sp³-hybridized carbons (Fsp3) is 0.222. The first kappa shape index (κ1) is 33.6. The van der Waals surface area contributed by atoms with Gasteiger partial charge in [0, 0.05) is 41.3 Å². The summed E-state index contributed by atoms with van der Waals surface area (Å²) in [5.41, 5.74) is 3.08. The summed E-state index contributed by atoms with van der Waals surface area (Å²) in [6.45, 7) is 5.45. The van der Waals surface area contributed by atoms with Gasteiger partial charge in [-0.2, -0.15) is 0 Å². The monoisotopic (exact) mass is 703 g/mol. The molecule has 0 amide bonds. The van der Waals surface area contributed by atoms with E-state index in [9.17, 15) is 0 Å². The van der Waals surface area contributed by atoms with Crippen LogP contribution in [-0.2, 0) is 25.3 Å². The van der Waals surface area contributed by atoms with E-state index in [1.54, 1.807) is 33.7 Å². The van der Waals surface area contributed by atoms with Gasteiger partial charge in [0.2, 0.25) is 0 Å². The lowest BCUT2D eigenvalue weighted by atomic mass is 10.2. The summed E-state index contributed by atoms with van der Waals surface area (Å²) in [6.07, 6.45) is 7.31. The molecule has 3 aromatic rings. The van der Waals surface area contributed by atoms with Crippen LogP contribution < -0.4 is 14.4 Å². The fourth-order valence-corrected chi connectivity index (χ4v) is 5.49. The summed E-state index contributed by atoms with van der Waals surface area (Å²) in [5.74, 6) is 1.44. The second kappa shape index (κ2) is 16.2. The van der Waals surface area contributed by atoms with Gasteiger partial charge in [-0.05, 0) is 31.1 Å². The number of fused-ring (bicyclic) bond motifs is 2. The van der Waals surface area contributed by atoms with E-state index in [-0.39, 0.29) is 0 Å². The standard InChI is InChI=1S/C27H22Cl4N4O6S2/c1-3-8-32-22-14-18(28)20(30)16-24(22)34(10-12-42-40-38-36)26(32)6-5-7-27-33(9-4-2)23-15-19(29)21(31)17-25(23)35(27)11-13-43-41-39-37/h5-7,14-17H,3-4,8-9H2,1-2H3,(H-,36,37)/p+1. The Labute approximate surface area is 276 Å². The second-order valence-corrected chi connectivity index (χ2v) is 11.2. The van der Waals surface area contributed by atoms with Gasteiger partial charge >= 0.3 is 0 Å². The minimum absolute atomic E-state index is 0.373. The van der Waals surface area contributed by atoms with Gasteiger partial charge in [0.1, 0.15) is 36.0 Å². The number of aromatic nitrogens is 2. The maximum absolute atomic E-state index is 8.48. The summed E-state index contributed by atoms with van der Waals surface area (Å²) in [5, 5.41) is 31.3. The lowest BCUT2D eigenvalue weighted by Gasteiger charge is -2.21. The number of halogens is 4. The average Bonchev–Trinajstić information content (AvgIpc) is 3.41. The molecule has 16 heteroatoms. The Morgan fingerprint density at radius 2 is 1.49 bits per heavy atom. The minimum atomic E-state index is 0.373. The van der Waals surface area contributed by atoms with E-state index in [4.69, 9.17) is 56.9 Å². The van der Waals surface area contributed by atoms with E-state index in [1.165, 1.54) is 0 Å². The zero-order valence-corrected chi connectivity index (χ0v) is 27.2. The van der Waals surface area contributed by atoms with Crippen LogP contribution in [0.5, 0.6) is 0 Å². The maximum Gasteiger partial charge on any atom is 0.295 e. The number of hydrogen-bond donors (Lipinski definition) is 2. The van der Waals surface area contributed by atoms with Crippen molar-refractivity contribution in [2.45, 2.75) is 33.2 Å². The molecule has 1 aliphatic rings. The molecule has 0 fully saturated rings. The molecule has 1 aromatic heterocycles. The number of rotatable bonds is 10. The molecule has 0 saturated carbocycles. The molecule has 0 radical (unpaired) electrons. The Hall–Kier alpha value is -2.27. The number of imidazole rings is 1. The molecule has 0 spiro atoms. The molecular weight excluding hydrogens is 682 g/mol. The van der Waals surface area contributed by atoms with Gasteiger partial charge in [0.05, 0.1) is 38.0 Å². The first-order valence-corrected chi connectivity index (χ1v) is 15.5. The van der Waals surface area contributed by atoms with Crippen molar-refractivity contribution in [1.29, 1.82) is 0 Å². The van der Waals surface area contributed by atoms with Crippen LogP contribution in [0.1, 0.15) is 32.5 Å². The lowest BCUT2D eigenvalue weighted by molar-refractivity contribution is -0.557. The molecule has 226 valence electrons. The molecule has 2 N–H and O–H groups in total. The first-order chi connectivity index (χ1) is 20.9. The third kappa shape index (κ3) is 7.70. The predicted molar refractivity (Wildman–Crippen MR) is 172 cm³/mol. The van der Waals surface area contributed by atoms with Crippen molar-refractivity contribution >= 4 is 99.0 Å². The Bertz CT molecular complexity index is 1680. The molecule has 0 unspecified atom stereocenters. The van der Waals surface area contributed by atoms with Crippen LogP contribution in [0.4, 0.5) is 11.4 Å². The van der Waals surface area contributed by atoms with Crippen LogP contribution in [0, 0.1) is 22.6 Å². The minimum Gasteiger partial charge on any atom is -0.325 e. The quantitative estimate of drug-likeness (QED) is 0.0536. The van der Waals surface area contributed by atoms with Crippen molar-refractivity contribution in [3.05, 3.63) is 68.2 Å². The maximum atomic E-state index is 8.48. The zero-order valence-electron chi connectivity index (χ0n) is 22.5. The predicted octanol–water partition coefficient (Wildman–Crippen LogP) is 8.37. The zero-order chi connectivity index (χ0) is 30.9. The molecule has 4 rings (SSSR count). The van der Waals surface area contributed by atoms with Crippen molar-refractivity contribution in [2.24, 2.45) is 0 Å². The number of benzene rings is 2. The van der Waals surface area contributed by atoms with E-state index >= 15 is 0 Å². The smallest absolute Gasteiger partial charge is 0.295 e. The van der Waals surface area contributed by atoms with Crippen LogP contribution in [0.15, 0.2) is 42.2 Å². The molecule has 0 saturated heterocycles. The highest BCUT2D eigenvalue weighted by atomic mass is 35.5. The van der Waals surface area contributed by atoms with Gasteiger partial charge in [0.15, 0.2) is 11.0 Å². The third-order valence-electron chi connectivity index (χ3n) is 6.02. The van der Waals surface area contributed by atoms with Gasteiger partial charge in [-0.1, -0.05) is 76.4 Å². The van der Waals surface area contributed by atoms with Gasteiger partial charge in [-0.15, -0.1) is 13.2 Å². The van der Waals surface area contributed by atoms with Gasteiger partial charge in [-0.25, -0.2) is 15.1 Å². The molecule has 2 heterocycles. The molecular formula is C27H23Cl4N4O6S2+. The summed E-state index contributed by atoms with van der Waals surface area (Å²) in [6, 6.07) is 13.1. The van der Waals surface area contributed by atoms with E-state index in [2.05, 4.69) is 64.7 Å². The van der Waals surface area contributed by atoms with Crippen molar-refractivity contribution in [2.75, 3.05) is 16.3 Å². The Balaban J connectivity index is 1.87. The highest BCUT2D eigenvalue weighted by Crippen LogP contribution is 2.45. The van der Waals surface area contributed by atoms with Crippen LogP contribution in [0.3, 0.4) is 0 Å². The molecule has 0 bridgehead atoms. The van der Waals surface area contributed by atoms with Crippen molar-refractivity contribution < 1.29 is 33.8 Å². The fourth-order valence-electron chi connectivity index (χ4n) is 4.47. The summed E-state index contributed by atoms with van der Waals surface area (Å²) >= 11 is 26.7. The molecule has 0 aliphatic carbocycles. The van der Waals surface area contributed by atoms with E-state index in [1.807, 2.05) is 18.2 Å². The van der Waals surface area contributed by atoms with Crippen molar-refractivity contribution in [3.63, 3.8) is 0 Å². The van der Waals surface area contributed by atoms with Crippen LogP contribution >= 0.6 is 70.5 Å². The topological polar surface area (TPSA) is 92.7 Å². The number of anilines is 2. The molecule has 43 heavy (non-hydrogen) atoms.